The SMILES string of the molecule is CCCC(C)(C)NC(=O)NC1CCCCC1. The third kappa shape index (κ3) is 4.86. The molecule has 1 fully saturated rings. The van der Waals surface area contributed by atoms with Gasteiger partial charge in [-0.15, -0.1) is 0 Å². The summed E-state index contributed by atoms with van der Waals surface area (Å²) in [4.78, 5) is 11.8. The van der Waals surface area contributed by atoms with Gasteiger partial charge in [0.25, 0.3) is 0 Å². The Morgan fingerprint density at radius 3 is 2.44 bits per heavy atom. The largest absolute Gasteiger partial charge is 0.335 e. The second-order valence-corrected chi connectivity index (χ2v) is 5.57. The lowest BCUT2D eigenvalue weighted by molar-refractivity contribution is 0.220. The summed E-state index contributed by atoms with van der Waals surface area (Å²) in [7, 11) is 0. The second-order valence-electron chi connectivity index (χ2n) is 5.57. The first kappa shape index (κ1) is 13.3. The smallest absolute Gasteiger partial charge is 0.315 e. The minimum absolute atomic E-state index is 0.00495. The highest BCUT2D eigenvalue weighted by atomic mass is 16.2. The lowest BCUT2D eigenvalue weighted by atomic mass is 9.95. The van der Waals surface area contributed by atoms with Crippen molar-refractivity contribution in [1.82, 2.24) is 10.6 Å². The number of rotatable bonds is 4. The van der Waals surface area contributed by atoms with E-state index in [2.05, 4.69) is 31.4 Å². The van der Waals surface area contributed by atoms with Gasteiger partial charge in [0.05, 0.1) is 0 Å². The molecule has 1 aliphatic carbocycles. The van der Waals surface area contributed by atoms with Gasteiger partial charge in [0.2, 0.25) is 0 Å². The molecule has 2 N–H and O–H groups in total. The monoisotopic (exact) mass is 226 g/mol. The van der Waals surface area contributed by atoms with E-state index in [1.165, 1.54) is 19.3 Å². The number of nitrogens with one attached hydrogen (secondary N) is 2. The standard InChI is InChI=1S/C13H26N2O/c1-4-10-13(2,3)15-12(16)14-11-8-6-5-7-9-11/h11H,4-10H2,1-3H3,(H2,14,15,16). The number of carbonyl (C=O) groups is 1. The number of urea groups is 1. The van der Waals surface area contributed by atoms with Crippen molar-refractivity contribution < 1.29 is 4.79 Å². The number of carbonyl (C=O) groups excluding carboxylic acids is 1. The molecule has 16 heavy (non-hydrogen) atoms. The Kier molecular flexibility index (Phi) is 5.10. The number of hydrogen-bond donors (Lipinski definition) is 2. The molecule has 1 aliphatic rings. The average molecular weight is 226 g/mol. The molecule has 0 spiro atoms. The van der Waals surface area contributed by atoms with Crippen molar-refractivity contribution in [3.05, 3.63) is 0 Å². The van der Waals surface area contributed by atoms with E-state index in [9.17, 15) is 4.79 Å². The van der Waals surface area contributed by atoms with Crippen molar-refractivity contribution >= 4 is 6.03 Å². The van der Waals surface area contributed by atoms with Crippen LogP contribution in [0.15, 0.2) is 0 Å². The third-order valence-electron chi connectivity index (χ3n) is 3.27. The van der Waals surface area contributed by atoms with Gasteiger partial charge in [0.15, 0.2) is 0 Å². The minimum Gasteiger partial charge on any atom is -0.335 e. The molecule has 94 valence electrons. The van der Waals surface area contributed by atoms with Crippen LogP contribution < -0.4 is 10.6 Å². The van der Waals surface area contributed by atoms with Gasteiger partial charge in [0.1, 0.15) is 0 Å². The summed E-state index contributed by atoms with van der Waals surface area (Å²) in [5.41, 5.74) is -0.0898. The summed E-state index contributed by atoms with van der Waals surface area (Å²) < 4.78 is 0. The summed E-state index contributed by atoms with van der Waals surface area (Å²) >= 11 is 0. The molecule has 0 aliphatic heterocycles. The Bertz CT molecular complexity index is 220. The molecule has 3 nitrogen and oxygen atoms in total. The van der Waals surface area contributed by atoms with Gasteiger partial charge in [-0.1, -0.05) is 32.6 Å². The molecule has 0 radical (unpaired) electrons. The fourth-order valence-corrected chi connectivity index (χ4v) is 2.46. The van der Waals surface area contributed by atoms with Crippen molar-refractivity contribution in [3.8, 4) is 0 Å². The summed E-state index contributed by atoms with van der Waals surface area (Å²) in [6.07, 6.45) is 8.22. The van der Waals surface area contributed by atoms with Gasteiger partial charge in [0, 0.05) is 11.6 Å². The van der Waals surface area contributed by atoms with E-state index in [-0.39, 0.29) is 11.6 Å². The van der Waals surface area contributed by atoms with Gasteiger partial charge < -0.3 is 10.6 Å². The molecule has 0 aromatic carbocycles. The Balaban J connectivity index is 2.28. The van der Waals surface area contributed by atoms with Crippen LogP contribution in [0.1, 0.15) is 65.7 Å². The van der Waals surface area contributed by atoms with Crippen LogP contribution in [0.25, 0.3) is 0 Å². The highest BCUT2D eigenvalue weighted by Crippen LogP contribution is 2.17. The zero-order valence-corrected chi connectivity index (χ0v) is 10.9. The molecule has 0 aromatic heterocycles. The Morgan fingerprint density at radius 1 is 1.25 bits per heavy atom. The van der Waals surface area contributed by atoms with E-state index in [0.29, 0.717) is 6.04 Å². The van der Waals surface area contributed by atoms with E-state index < -0.39 is 0 Å². The molecular formula is C13H26N2O. The molecular weight excluding hydrogens is 200 g/mol. The van der Waals surface area contributed by atoms with Crippen LogP contribution in [0.4, 0.5) is 4.79 Å². The topological polar surface area (TPSA) is 41.1 Å². The second kappa shape index (κ2) is 6.12. The van der Waals surface area contributed by atoms with Crippen LogP contribution >= 0.6 is 0 Å². The Morgan fingerprint density at radius 2 is 1.88 bits per heavy atom. The van der Waals surface area contributed by atoms with Gasteiger partial charge in [-0.2, -0.15) is 0 Å². The predicted octanol–water partition coefficient (Wildman–Crippen LogP) is 3.20. The van der Waals surface area contributed by atoms with Crippen LogP contribution in [0, 0.1) is 0 Å². The summed E-state index contributed by atoms with van der Waals surface area (Å²) in [5.74, 6) is 0. The van der Waals surface area contributed by atoms with E-state index >= 15 is 0 Å². The van der Waals surface area contributed by atoms with E-state index in [1.54, 1.807) is 0 Å². The lowest BCUT2D eigenvalue weighted by Crippen LogP contribution is -2.51. The average Bonchev–Trinajstić information content (AvgIpc) is 2.17. The van der Waals surface area contributed by atoms with Crippen LogP contribution in [-0.2, 0) is 0 Å². The fourth-order valence-electron chi connectivity index (χ4n) is 2.46. The van der Waals surface area contributed by atoms with Gasteiger partial charge in [-0.05, 0) is 33.1 Å². The summed E-state index contributed by atoms with van der Waals surface area (Å²) in [6.45, 7) is 6.30. The maximum absolute atomic E-state index is 11.8. The molecule has 2 amide bonds. The van der Waals surface area contributed by atoms with Crippen LogP contribution in [-0.4, -0.2) is 17.6 Å². The minimum atomic E-state index is -0.0898. The van der Waals surface area contributed by atoms with E-state index in [4.69, 9.17) is 0 Å². The molecule has 0 atom stereocenters. The zero-order chi connectivity index (χ0) is 12.0. The zero-order valence-electron chi connectivity index (χ0n) is 10.9. The molecule has 0 bridgehead atoms. The third-order valence-corrected chi connectivity index (χ3v) is 3.27. The van der Waals surface area contributed by atoms with Crippen molar-refractivity contribution in [2.24, 2.45) is 0 Å². The predicted molar refractivity (Wildman–Crippen MR) is 67.5 cm³/mol. The van der Waals surface area contributed by atoms with E-state index in [1.807, 2.05) is 0 Å². The first-order valence-corrected chi connectivity index (χ1v) is 6.62. The highest BCUT2D eigenvalue weighted by molar-refractivity contribution is 5.75. The first-order chi connectivity index (χ1) is 7.53. The molecule has 0 aromatic rings. The van der Waals surface area contributed by atoms with Crippen molar-refractivity contribution in [2.45, 2.75) is 77.3 Å². The maximum Gasteiger partial charge on any atom is 0.315 e. The molecule has 0 heterocycles. The number of hydrogen-bond acceptors (Lipinski definition) is 1. The quantitative estimate of drug-likeness (QED) is 0.759. The fraction of sp³-hybridized carbons (Fsp3) is 0.923. The normalized spacial score (nSPS) is 18.2. The van der Waals surface area contributed by atoms with Crippen molar-refractivity contribution in [2.75, 3.05) is 0 Å². The van der Waals surface area contributed by atoms with Crippen LogP contribution in [0.3, 0.4) is 0 Å². The van der Waals surface area contributed by atoms with Crippen molar-refractivity contribution in [3.63, 3.8) is 0 Å². The van der Waals surface area contributed by atoms with Gasteiger partial charge >= 0.3 is 6.03 Å². The lowest BCUT2D eigenvalue weighted by Gasteiger charge is -2.29. The van der Waals surface area contributed by atoms with Gasteiger partial charge in [-0.25, -0.2) is 4.79 Å². The Hall–Kier alpha value is -0.730. The van der Waals surface area contributed by atoms with E-state index in [0.717, 1.165) is 25.7 Å². The Labute approximate surface area is 99.4 Å². The molecule has 0 unspecified atom stereocenters. The number of amides is 2. The van der Waals surface area contributed by atoms with Gasteiger partial charge in [-0.3, -0.25) is 0 Å². The first-order valence-electron chi connectivity index (χ1n) is 6.62. The molecule has 3 heteroatoms. The van der Waals surface area contributed by atoms with Crippen LogP contribution in [0.2, 0.25) is 0 Å². The highest BCUT2D eigenvalue weighted by Gasteiger charge is 2.21. The molecule has 0 saturated heterocycles. The molecule has 1 rings (SSSR count). The van der Waals surface area contributed by atoms with Crippen molar-refractivity contribution in [1.29, 1.82) is 0 Å². The summed E-state index contributed by atoms with van der Waals surface area (Å²) in [6, 6.07) is 0.400. The van der Waals surface area contributed by atoms with Crippen LogP contribution in [0.5, 0.6) is 0 Å². The molecule has 1 saturated carbocycles. The summed E-state index contributed by atoms with van der Waals surface area (Å²) in [5, 5.41) is 6.14. The maximum atomic E-state index is 11.8.